The number of Topliss-reactive ketones (excluding diaryl/α,β-unsaturated/α-hetero) is 1. The van der Waals surface area contributed by atoms with E-state index >= 15 is 0 Å². The molecule has 30 heavy (non-hydrogen) atoms. The van der Waals surface area contributed by atoms with Crippen molar-refractivity contribution in [1.82, 2.24) is 0 Å². The summed E-state index contributed by atoms with van der Waals surface area (Å²) >= 11 is 0. The number of unbranched alkanes of at least 4 members (excludes halogenated alkanes) is 14. The van der Waals surface area contributed by atoms with E-state index in [4.69, 9.17) is 0 Å². The summed E-state index contributed by atoms with van der Waals surface area (Å²) in [5.74, 6) is 0.0675. The molecule has 3 nitrogen and oxygen atoms in total. The quantitative estimate of drug-likeness (QED) is 0.131. The lowest BCUT2D eigenvalue weighted by molar-refractivity contribution is -0.140. The smallest absolute Gasteiger partial charge is 0.305 e. The summed E-state index contributed by atoms with van der Waals surface area (Å²) in [6.07, 6.45) is 21.3. The second-order valence-corrected chi connectivity index (χ2v) is 8.63. The molecule has 0 aliphatic rings. The Balaban J connectivity index is 1.78. The molecule has 0 atom stereocenters. The molecule has 170 valence electrons. The molecule has 0 fully saturated rings. The molecular weight excluding hydrogens is 372 g/mol. The molecule has 0 aromatic heterocycles. The average molecular weight is 417 g/mol. The van der Waals surface area contributed by atoms with Crippen LogP contribution in [0.15, 0.2) is 24.3 Å². The second kappa shape index (κ2) is 18.2. The molecule has 0 aliphatic carbocycles. The van der Waals surface area contributed by atoms with E-state index in [0.29, 0.717) is 6.42 Å². The average Bonchev–Trinajstić information content (AvgIpc) is 2.75. The molecule has 1 aromatic rings. The summed E-state index contributed by atoms with van der Waals surface area (Å²) < 4.78 is 4.65. The number of aryl methyl sites for hydroxylation is 1. The van der Waals surface area contributed by atoms with Crippen molar-refractivity contribution in [3.8, 4) is 0 Å². The van der Waals surface area contributed by atoms with Crippen molar-refractivity contribution in [3.05, 3.63) is 35.4 Å². The normalized spacial score (nSPS) is 10.9. The first kappa shape index (κ1) is 26.4. The minimum absolute atomic E-state index is 0.0766. The van der Waals surface area contributed by atoms with Gasteiger partial charge in [-0.1, -0.05) is 108 Å². The van der Waals surface area contributed by atoms with Gasteiger partial charge in [0.2, 0.25) is 0 Å². The van der Waals surface area contributed by atoms with Crippen LogP contribution in [0.4, 0.5) is 0 Å². The summed E-state index contributed by atoms with van der Waals surface area (Å²) in [6.45, 7) is 1.62. The van der Waals surface area contributed by atoms with Crippen molar-refractivity contribution < 1.29 is 14.3 Å². The van der Waals surface area contributed by atoms with Gasteiger partial charge in [0.25, 0.3) is 0 Å². The number of hydrogen-bond acceptors (Lipinski definition) is 3. The Morgan fingerprint density at radius 1 is 0.633 bits per heavy atom. The van der Waals surface area contributed by atoms with E-state index < -0.39 is 0 Å². The highest BCUT2D eigenvalue weighted by Gasteiger charge is 2.00. The number of carbonyl (C=O) groups is 2. The molecule has 0 unspecified atom stereocenters. The molecule has 1 aromatic carbocycles. The lowest BCUT2D eigenvalue weighted by Gasteiger charge is -2.04. The van der Waals surface area contributed by atoms with Crippen LogP contribution in [0.25, 0.3) is 0 Å². The summed E-state index contributed by atoms with van der Waals surface area (Å²) in [4.78, 5) is 22.3. The van der Waals surface area contributed by atoms with E-state index in [9.17, 15) is 9.59 Å². The molecule has 3 heteroatoms. The molecule has 0 saturated heterocycles. The third-order valence-corrected chi connectivity index (χ3v) is 5.93. The Labute approximate surface area is 185 Å². The first-order valence-electron chi connectivity index (χ1n) is 12.3. The number of carbonyl (C=O) groups excluding carboxylic acids is 2. The highest BCUT2D eigenvalue weighted by Crippen LogP contribution is 2.15. The van der Waals surface area contributed by atoms with Gasteiger partial charge in [-0.15, -0.1) is 0 Å². The van der Waals surface area contributed by atoms with Crippen molar-refractivity contribution in [2.75, 3.05) is 7.11 Å². The van der Waals surface area contributed by atoms with E-state index in [1.807, 2.05) is 12.1 Å². The molecule has 0 amide bonds. The summed E-state index contributed by atoms with van der Waals surface area (Å²) in [6, 6.07) is 8.10. The summed E-state index contributed by atoms with van der Waals surface area (Å²) in [5.41, 5.74) is 2.16. The zero-order valence-corrected chi connectivity index (χ0v) is 19.6. The fourth-order valence-corrected chi connectivity index (χ4v) is 3.90. The van der Waals surface area contributed by atoms with Crippen molar-refractivity contribution in [2.45, 2.75) is 116 Å². The molecule has 0 radical (unpaired) electrons. The van der Waals surface area contributed by atoms with E-state index in [1.54, 1.807) is 6.92 Å². The van der Waals surface area contributed by atoms with Gasteiger partial charge in [0, 0.05) is 12.0 Å². The lowest BCUT2D eigenvalue weighted by atomic mass is 10.0. The molecule has 0 spiro atoms. The van der Waals surface area contributed by atoms with Gasteiger partial charge in [0.1, 0.15) is 0 Å². The van der Waals surface area contributed by atoms with E-state index in [1.165, 1.54) is 96.1 Å². The number of hydrogen-bond donors (Lipinski definition) is 0. The highest BCUT2D eigenvalue weighted by molar-refractivity contribution is 5.93. The number of methoxy groups -OCH3 is 1. The van der Waals surface area contributed by atoms with Crippen LogP contribution < -0.4 is 0 Å². The second-order valence-electron chi connectivity index (χ2n) is 8.63. The summed E-state index contributed by atoms with van der Waals surface area (Å²) in [5, 5.41) is 0. The minimum Gasteiger partial charge on any atom is -0.469 e. The van der Waals surface area contributed by atoms with Crippen molar-refractivity contribution in [3.63, 3.8) is 0 Å². The highest BCUT2D eigenvalue weighted by atomic mass is 16.5. The topological polar surface area (TPSA) is 43.4 Å². The number of esters is 1. The van der Waals surface area contributed by atoms with E-state index in [0.717, 1.165) is 24.8 Å². The fourth-order valence-electron chi connectivity index (χ4n) is 3.90. The van der Waals surface area contributed by atoms with Gasteiger partial charge < -0.3 is 4.74 Å². The molecule has 0 bridgehead atoms. The lowest BCUT2D eigenvalue weighted by Crippen LogP contribution is -1.99. The molecule has 0 N–H and O–H groups in total. The number of ether oxygens (including phenoxy) is 1. The van der Waals surface area contributed by atoms with Crippen LogP contribution in [-0.2, 0) is 16.0 Å². The zero-order chi connectivity index (χ0) is 21.9. The van der Waals surface area contributed by atoms with Crippen LogP contribution in [0.2, 0.25) is 0 Å². The predicted octanol–water partition coefficient (Wildman–Crippen LogP) is 7.85. The monoisotopic (exact) mass is 416 g/mol. The van der Waals surface area contributed by atoms with Crippen LogP contribution in [-0.4, -0.2) is 18.9 Å². The first-order valence-corrected chi connectivity index (χ1v) is 12.3. The van der Waals surface area contributed by atoms with E-state index in [2.05, 4.69) is 16.9 Å². The van der Waals surface area contributed by atoms with Crippen LogP contribution in [0, 0.1) is 0 Å². The van der Waals surface area contributed by atoms with Crippen LogP contribution in [0.3, 0.4) is 0 Å². The maximum absolute atomic E-state index is 11.3. The number of rotatable bonds is 19. The fraction of sp³-hybridized carbons (Fsp3) is 0.704. The van der Waals surface area contributed by atoms with E-state index in [-0.39, 0.29) is 11.8 Å². The Morgan fingerprint density at radius 2 is 1.03 bits per heavy atom. The molecule has 0 saturated carbocycles. The Hall–Kier alpha value is -1.64. The molecule has 0 heterocycles. The maximum Gasteiger partial charge on any atom is 0.305 e. The van der Waals surface area contributed by atoms with Crippen LogP contribution in [0.5, 0.6) is 0 Å². The Kier molecular flexibility index (Phi) is 16.0. The third kappa shape index (κ3) is 14.4. The van der Waals surface area contributed by atoms with Gasteiger partial charge in [-0.2, -0.15) is 0 Å². The van der Waals surface area contributed by atoms with Gasteiger partial charge >= 0.3 is 5.97 Å². The van der Waals surface area contributed by atoms with Gasteiger partial charge in [0.05, 0.1) is 7.11 Å². The zero-order valence-electron chi connectivity index (χ0n) is 19.6. The molecular formula is C27H44O3. The predicted molar refractivity (Wildman–Crippen MR) is 126 cm³/mol. The van der Waals surface area contributed by atoms with Crippen molar-refractivity contribution in [2.24, 2.45) is 0 Å². The third-order valence-electron chi connectivity index (χ3n) is 5.93. The standard InChI is InChI=1S/C27H44O3/c1-24(28)26-22-20-25(21-23-26)18-16-14-12-10-8-6-4-3-5-7-9-11-13-15-17-19-27(29)30-2/h20-23H,3-19H2,1-2H3. The molecule has 0 aliphatic heterocycles. The maximum atomic E-state index is 11.3. The summed E-state index contributed by atoms with van der Waals surface area (Å²) in [7, 11) is 1.46. The number of benzene rings is 1. The molecule has 1 rings (SSSR count). The largest absolute Gasteiger partial charge is 0.469 e. The Bertz CT molecular complexity index is 562. The van der Waals surface area contributed by atoms with Gasteiger partial charge in [-0.05, 0) is 31.7 Å². The van der Waals surface area contributed by atoms with Crippen LogP contribution >= 0.6 is 0 Å². The minimum atomic E-state index is -0.0766. The first-order chi connectivity index (χ1) is 14.6. The number of ketones is 1. The van der Waals surface area contributed by atoms with Gasteiger partial charge in [-0.25, -0.2) is 0 Å². The van der Waals surface area contributed by atoms with Gasteiger partial charge in [-0.3, -0.25) is 9.59 Å². The Morgan fingerprint density at radius 3 is 1.43 bits per heavy atom. The van der Waals surface area contributed by atoms with Gasteiger partial charge in [0.15, 0.2) is 5.78 Å². The van der Waals surface area contributed by atoms with Crippen LogP contribution in [0.1, 0.15) is 126 Å². The van der Waals surface area contributed by atoms with Crippen molar-refractivity contribution >= 4 is 11.8 Å². The van der Waals surface area contributed by atoms with Crippen molar-refractivity contribution in [1.29, 1.82) is 0 Å². The SMILES string of the molecule is COC(=O)CCCCCCCCCCCCCCCCCc1ccc(C(C)=O)cc1.